The molecule has 0 amide bonds. The Morgan fingerprint density at radius 3 is 2.88 bits per heavy atom. The van der Waals surface area contributed by atoms with Gasteiger partial charge in [-0.1, -0.05) is 25.1 Å². The van der Waals surface area contributed by atoms with Gasteiger partial charge in [0, 0.05) is 78.7 Å². The van der Waals surface area contributed by atoms with Gasteiger partial charge in [0.25, 0.3) is 0 Å². The molecule has 0 radical (unpaired) electrons. The second-order valence-corrected chi connectivity index (χ2v) is 8.63. The number of methoxy groups -OCH3 is 1. The van der Waals surface area contributed by atoms with E-state index in [9.17, 15) is 4.39 Å². The van der Waals surface area contributed by atoms with E-state index in [1.165, 1.54) is 23.2 Å². The van der Waals surface area contributed by atoms with Crippen LogP contribution in [0.4, 0.5) is 10.1 Å². The zero-order valence-corrected chi connectivity index (χ0v) is 19.4. The highest BCUT2D eigenvalue weighted by atomic mass is 19.1. The Labute approximate surface area is 197 Å². The lowest BCUT2D eigenvalue weighted by atomic mass is 10.0. The Hall–Kier alpha value is -3.71. The van der Waals surface area contributed by atoms with Crippen LogP contribution in [-0.4, -0.2) is 39.6 Å². The maximum absolute atomic E-state index is 13.9. The summed E-state index contributed by atoms with van der Waals surface area (Å²) in [7, 11) is 1.71. The fourth-order valence-corrected chi connectivity index (χ4v) is 4.44. The summed E-state index contributed by atoms with van der Waals surface area (Å²) in [4.78, 5) is 12.1. The van der Waals surface area contributed by atoms with Gasteiger partial charge in [-0.25, -0.2) is 9.37 Å². The number of ether oxygens (including phenoxy) is 1. The first kappa shape index (κ1) is 22.1. The summed E-state index contributed by atoms with van der Waals surface area (Å²) in [6.45, 7) is 3.59. The molecule has 0 aliphatic heterocycles. The molecule has 6 nitrogen and oxygen atoms in total. The molecule has 0 saturated heterocycles. The summed E-state index contributed by atoms with van der Waals surface area (Å²) < 4.78 is 21.3. The third-order valence-corrected chi connectivity index (χ3v) is 6.32. The van der Waals surface area contributed by atoms with Crippen LogP contribution < -0.4 is 5.32 Å². The topological polar surface area (TPSA) is 67.2 Å². The smallest absolute Gasteiger partial charge is 0.160 e. The zero-order valence-electron chi connectivity index (χ0n) is 19.4. The highest BCUT2D eigenvalue weighted by Gasteiger charge is 2.16. The quantitative estimate of drug-likeness (QED) is 0.293. The number of rotatable bonds is 9. The number of para-hydroxylation sites is 1. The van der Waals surface area contributed by atoms with Crippen molar-refractivity contribution in [2.45, 2.75) is 25.7 Å². The van der Waals surface area contributed by atoms with Crippen molar-refractivity contribution in [1.29, 1.82) is 0 Å². The average Bonchev–Trinajstić information content (AvgIpc) is 3.47. The molecule has 7 heteroatoms. The van der Waals surface area contributed by atoms with Crippen molar-refractivity contribution >= 4 is 22.2 Å². The first-order valence-corrected chi connectivity index (χ1v) is 11.5. The maximum atomic E-state index is 13.9. The van der Waals surface area contributed by atoms with Gasteiger partial charge in [-0.2, -0.15) is 0 Å². The second-order valence-electron chi connectivity index (χ2n) is 8.63. The predicted octanol–water partition coefficient (Wildman–Crippen LogP) is 5.81. The van der Waals surface area contributed by atoms with Crippen molar-refractivity contribution in [3.63, 3.8) is 0 Å². The van der Waals surface area contributed by atoms with Gasteiger partial charge in [-0.05, 0) is 36.6 Å². The Morgan fingerprint density at radius 1 is 1.15 bits per heavy atom. The van der Waals surface area contributed by atoms with Gasteiger partial charge >= 0.3 is 0 Å². The molecule has 0 saturated carbocycles. The van der Waals surface area contributed by atoms with Crippen LogP contribution in [0.5, 0.6) is 0 Å². The van der Waals surface area contributed by atoms with E-state index in [1.54, 1.807) is 13.3 Å². The van der Waals surface area contributed by atoms with Crippen LogP contribution in [0.2, 0.25) is 0 Å². The molecule has 0 bridgehead atoms. The van der Waals surface area contributed by atoms with E-state index in [0.29, 0.717) is 6.61 Å². The fourth-order valence-electron chi connectivity index (χ4n) is 4.44. The van der Waals surface area contributed by atoms with Crippen molar-refractivity contribution in [2.75, 3.05) is 25.6 Å². The minimum absolute atomic E-state index is 0.259. The number of aromatic nitrogens is 4. The van der Waals surface area contributed by atoms with Crippen molar-refractivity contribution in [3.05, 3.63) is 84.5 Å². The number of halogens is 1. The number of hydrogen-bond donors (Lipinski definition) is 2. The van der Waals surface area contributed by atoms with E-state index < -0.39 is 0 Å². The van der Waals surface area contributed by atoms with Gasteiger partial charge in [-0.15, -0.1) is 0 Å². The minimum Gasteiger partial charge on any atom is -0.385 e. The summed E-state index contributed by atoms with van der Waals surface area (Å²) in [5.41, 5.74) is 6.87. The van der Waals surface area contributed by atoms with Crippen LogP contribution in [0.3, 0.4) is 0 Å². The molecule has 0 aliphatic rings. The van der Waals surface area contributed by atoms with Crippen LogP contribution in [0.15, 0.2) is 67.4 Å². The second kappa shape index (κ2) is 9.65. The highest BCUT2D eigenvalue weighted by molar-refractivity contribution is 5.83. The Morgan fingerprint density at radius 2 is 2.03 bits per heavy atom. The largest absolute Gasteiger partial charge is 0.385 e. The van der Waals surface area contributed by atoms with Gasteiger partial charge in [0.1, 0.15) is 5.82 Å². The summed E-state index contributed by atoms with van der Waals surface area (Å²) in [5.74, 6) is -0.0966. The number of pyridine rings is 2. The first-order chi connectivity index (χ1) is 16.6. The normalized spacial score (nSPS) is 12.4. The number of fused-ring (bicyclic) bond motifs is 2. The zero-order chi connectivity index (χ0) is 23.5. The van der Waals surface area contributed by atoms with Gasteiger partial charge in [0.15, 0.2) is 5.65 Å². The van der Waals surface area contributed by atoms with E-state index in [4.69, 9.17) is 9.72 Å². The molecular formula is C27H28FN5O. The number of anilines is 1. The number of hydrogen-bond acceptors (Lipinski definition) is 4. The number of H-pyrrole nitrogens is 1. The third-order valence-electron chi connectivity index (χ3n) is 6.32. The van der Waals surface area contributed by atoms with Gasteiger partial charge in [0.2, 0.25) is 0 Å². The molecule has 174 valence electrons. The number of nitrogens with one attached hydrogen (secondary N) is 2. The standard InChI is InChI=1S/C27H28FN5O/c1-18(8-10-34-2)26-16-32-27-25(12-21(17-33(26)27)20-11-22(28)15-29-13-20)30-9-7-19-14-31-24-6-4-3-5-23(19)24/h3-6,11-18,30-31H,7-10H2,1-2H3. The lowest BCUT2D eigenvalue weighted by Gasteiger charge is -2.15. The minimum atomic E-state index is -0.356. The van der Waals surface area contributed by atoms with E-state index in [1.807, 2.05) is 24.5 Å². The van der Waals surface area contributed by atoms with Crippen molar-refractivity contribution in [1.82, 2.24) is 19.4 Å². The third kappa shape index (κ3) is 4.39. The molecule has 1 unspecified atom stereocenters. The maximum Gasteiger partial charge on any atom is 0.160 e. The Kier molecular flexibility index (Phi) is 6.27. The molecule has 0 fully saturated rings. The molecule has 5 aromatic rings. The lowest BCUT2D eigenvalue weighted by molar-refractivity contribution is 0.189. The average molecular weight is 458 g/mol. The molecular weight excluding hydrogens is 429 g/mol. The summed E-state index contributed by atoms with van der Waals surface area (Å²) in [6.07, 6.45) is 10.7. The lowest BCUT2D eigenvalue weighted by Crippen LogP contribution is -2.08. The van der Waals surface area contributed by atoms with Crippen molar-refractivity contribution in [2.24, 2.45) is 0 Å². The van der Waals surface area contributed by atoms with Crippen molar-refractivity contribution in [3.8, 4) is 11.1 Å². The van der Waals surface area contributed by atoms with Crippen LogP contribution in [-0.2, 0) is 11.2 Å². The van der Waals surface area contributed by atoms with Crippen molar-refractivity contribution < 1.29 is 9.13 Å². The van der Waals surface area contributed by atoms with Crippen LogP contribution in [0.1, 0.15) is 30.5 Å². The Balaban J connectivity index is 1.48. The van der Waals surface area contributed by atoms with Gasteiger partial charge < -0.3 is 19.4 Å². The van der Waals surface area contributed by atoms with E-state index in [-0.39, 0.29) is 11.7 Å². The number of aromatic amines is 1. The SMILES string of the molecule is COCCC(C)c1cnc2c(NCCc3c[nH]c4ccccc34)cc(-c3cncc(F)c3)cn12. The molecule has 1 aromatic carbocycles. The van der Waals surface area contributed by atoms with Gasteiger partial charge in [-0.3, -0.25) is 4.98 Å². The van der Waals surface area contributed by atoms with Crippen LogP contribution in [0, 0.1) is 5.82 Å². The number of benzene rings is 1. The highest BCUT2D eigenvalue weighted by Crippen LogP contribution is 2.30. The van der Waals surface area contributed by atoms with E-state index in [2.05, 4.69) is 51.0 Å². The summed E-state index contributed by atoms with van der Waals surface area (Å²) >= 11 is 0. The van der Waals surface area contributed by atoms with Crippen LogP contribution >= 0.6 is 0 Å². The van der Waals surface area contributed by atoms with Gasteiger partial charge in [0.05, 0.1) is 11.9 Å². The molecule has 34 heavy (non-hydrogen) atoms. The fraction of sp³-hybridized carbons (Fsp3) is 0.259. The molecule has 5 rings (SSSR count). The van der Waals surface area contributed by atoms with E-state index in [0.717, 1.165) is 53.1 Å². The summed E-state index contributed by atoms with van der Waals surface area (Å²) in [6, 6.07) is 11.9. The first-order valence-electron chi connectivity index (χ1n) is 11.5. The number of nitrogens with zero attached hydrogens (tertiary/aromatic N) is 3. The molecule has 0 spiro atoms. The summed E-state index contributed by atoms with van der Waals surface area (Å²) in [5, 5.41) is 4.81. The molecule has 1 atom stereocenters. The monoisotopic (exact) mass is 457 g/mol. The molecule has 0 aliphatic carbocycles. The predicted molar refractivity (Wildman–Crippen MR) is 134 cm³/mol. The van der Waals surface area contributed by atoms with E-state index >= 15 is 0 Å². The molecule has 4 aromatic heterocycles. The molecule has 4 heterocycles. The Bertz CT molecular complexity index is 1420. The number of imidazole rings is 1. The van der Waals surface area contributed by atoms with Crippen LogP contribution in [0.25, 0.3) is 27.7 Å². The molecule has 2 N–H and O–H groups in total.